The van der Waals surface area contributed by atoms with E-state index in [0.717, 1.165) is 12.2 Å². The van der Waals surface area contributed by atoms with Crippen LogP contribution in [0.25, 0.3) is 0 Å². The number of carbonyl (C=O) groups excluding carboxylic acids is 1. The van der Waals surface area contributed by atoms with Crippen LogP contribution in [0.1, 0.15) is 46.7 Å². The molecule has 0 aliphatic carbocycles. The lowest BCUT2D eigenvalue weighted by atomic mass is 10.1. The zero-order chi connectivity index (χ0) is 24.0. The van der Waals surface area contributed by atoms with Crippen molar-refractivity contribution < 1.29 is 24.2 Å². The molecule has 172 valence electrons. The van der Waals surface area contributed by atoms with Gasteiger partial charge in [-0.05, 0) is 67.3 Å². The van der Waals surface area contributed by atoms with Crippen molar-refractivity contribution in [3.8, 4) is 17.2 Å². The summed E-state index contributed by atoms with van der Waals surface area (Å²) in [6.45, 7) is 6.71. The summed E-state index contributed by atoms with van der Waals surface area (Å²) in [6.07, 6.45) is 2.25. The van der Waals surface area contributed by atoms with E-state index in [9.17, 15) is 9.59 Å². The minimum Gasteiger partial charge on any atom is -0.494 e. The first-order valence-electron chi connectivity index (χ1n) is 10.4. The number of rotatable bonds is 9. The van der Waals surface area contributed by atoms with Crippen molar-refractivity contribution >= 4 is 29.2 Å². The maximum Gasteiger partial charge on any atom is 0.354 e. The van der Waals surface area contributed by atoms with E-state index in [-0.39, 0.29) is 17.0 Å². The van der Waals surface area contributed by atoms with Gasteiger partial charge in [-0.2, -0.15) is 0 Å². The molecule has 1 amide bonds. The van der Waals surface area contributed by atoms with Crippen molar-refractivity contribution in [1.82, 2.24) is 4.98 Å². The van der Waals surface area contributed by atoms with Gasteiger partial charge in [-0.3, -0.25) is 4.79 Å². The number of ether oxygens (including phenoxy) is 2. The molecule has 0 saturated carbocycles. The normalized spacial score (nSPS) is 10.7. The minimum absolute atomic E-state index is 0.115. The maximum absolute atomic E-state index is 12.9. The van der Waals surface area contributed by atoms with Gasteiger partial charge < -0.3 is 19.9 Å². The van der Waals surface area contributed by atoms with Crippen LogP contribution in [0, 0.1) is 12.8 Å². The van der Waals surface area contributed by atoms with E-state index in [1.165, 1.54) is 18.3 Å². The van der Waals surface area contributed by atoms with Gasteiger partial charge in [0.25, 0.3) is 5.91 Å². The number of carboxylic acids is 1. The lowest BCUT2D eigenvalue weighted by molar-refractivity contribution is 0.0690. The fourth-order valence-corrected chi connectivity index (χ4v) is 3.01. The van der Waals surface area contributed by atoms with Crippen LogP contribution in [-0.2, 0) is 0 Å². The highest BCUT2D eigenvalue weighted by atomic mass is 35.5. The Bertz CT molecular complexity index is 1130. The number of carbonyl (C=O) groups is 2. The number of aromatic carboxylic acids is 1. The summed E-state index contributed by atoms with van der Waals surface area (Å²) < 4.78 is 11.7. The summed E-state index contributed by atoms with van der Waals surface area (Å²) in [4.78, 5) is 27.7. The SMILES string of the molecule is Cc1cc(C(=O)Nc2ccc(C(=O)O)nc2)c(Oc2ccc(OCCC(C)C)cc2)cc1Cl. The Morgan fingerprint density at radius 3 is 2.39 bits per heavy atom. The number of aromatic nitrogens is 1. The molecule has 3 rings (SSSR count). The zero-order valence-electron chi connectivity index (χ0n) is 18.6. The van der Waals surface area contributed by atoms with Crippen LogP contribution in [-0.4, -0.2) is 28.6 Å². The molecular formula is C25H25ClN2O5. The summed E-state index contributed by atoms with van der Waals surface area (Å²) >= 11 is 6.27. The second kappa shape index (κ2) is 10.8. The largest absolute Gasteiger partial charge is 0.494 e. The van der Waals surface area contributed by atoms with Crippen molar-refractivity contribution in [1.29, 1.82) is 0 Å². The molecule has 8 heteroatoms. The Labute approximate surface area is 197 Å². The van der Waals surface area contributed by atoms with Crippen molar-refractivity contribution in [2.24, 2.45) is 5.92 Å². The van der Waals surface area contributed by atoms with E-state index in [0.29, 0.717) is 34.5 Å². The lowest BCUT2D eigenvalue weighted by Crippen LogP contribution is -2.14. The Kier molecular flexibility index (Phi) is 7.90. The predicted molar refractivity (Wildman–Crippen MR) is 127 cm³/mol. The highest BCUT2D eigenvalue weighted by molar-refractivity contribution is 6.31. The summed E-state index contributed by atoms with van der Waals surface area (Å²) in [7, 11) is 0. The van der Waals surface area contributed by atoms with Crippen molar-refractivity contribution in [2.75, 3.05) is 11.9 Å². The smallest absolute Gasteiger partial charge is 0.354 e. The Morgan fingerprint density at radius 2 is 1.79 bits per heavy atom. The Hall–Kier alpha value is -3.58. The zero-order valence-corrected chi connectivity index (χ0v) is 19.3. The topological polar surface area (TPSA) is 97.8 Å². The third kappa shape index (κ3) is 6.70. The number of hydrogen-bond donors (Lipinski definition) is 2. The van der Waals surface area contributed by atoms with E-state index in [1.807, 2.05) is 0 Å². The molecule has 0 fully saturated rings. The predicted octanol–water partition coefficient (Wildman–Crippen LogP) is 6.21. The molecule has 7 nitrogen and oxygen atoms in total. The second-order valence-electron chi connectivity index (χ2n) is 7.89. The first-order chi connectivity index (χ1) is 15.7. The third-order valence-corrected chi connectivity index (χ3v) is 5.17. The van der Waals surface area contributed by atoms with Gasteiger partial charge in [0.15, 0.2) is 0 Å². The molecule has 1 heterocycles. The monoisotopic (exact) mass is 468 g/mol. The van der Waals surface area contributed by atoms with E-state index in [2.05, 4.69) is 24.1 Å². The standard InChI is InChI=1S/C25H25ClN2O5/c1-15(2)10-11-32-18-5-7-19(8-6-18)33-23-13-21(26)16(3)12-20(23)24(29)28-17-4-9-22(25(30)31)27-14-17/h4-9,12-15H,10-11H2,1-3H3,(H,28,29)(H,30,31). The van der Waals surface area contributed by atoms with Gasteiger partial charge in [0.2, 0.25) is 0 Å². The van der Waals surface area contributed by atoms with Gasteiger partial charge in [0.05, 0.1) is 24.1 Å². The Balaban J connectivity index is 1.76. The fourth-order valence-electron chi connectivity index (χ4n) is 2.86. The summed E-state index contributed by atoms with van der Waals surface area (Å²) in [5.41, 5.74) is 1.22. The summed E-state index contributed by atoms with van der Waals surface area (Å²) in [5.74, 6) is 0.519. The second-order valence-corrected chi connectivity index (χ2v) is 8.30. The molecule has 0 aliphatic rings. The van der Waals surface area contributed by atoms with Crippen molar-refractivity contribution in [3.63, 3.8) is 0 Å². The molecule has 0 aliphatic heterocycles. The quantitative estimate of drug-likeness (QED) is 0.387. The number of nitrogens with zero attached hydrogens (tertiary/aromatic N) is 1. The van der Waals surface area contributed by atoms with Crippen LogP contribution in [0.4, 0.5) is 5.69 Å². The maximum atomic E-state index is 12.9. The molecule has 0 unspecified atom stereocenters. The van der Waals surface area contributed by atoms with Crippen LogP contribution in [0.15, 0.2) is 54.7 Å². The fraction of sp³-hybridized carbons (Fsp3) is 0.240. The van der Waals surface area contributed by atoms with Crippen LogP contribution < -0.4 is 14.8 Å². The van der Waals surface area contributed by atoms with Crippen molar-refractivity contribution in [2.45, 2.75) is 27.2 Å². The molecule has 2 N–H and O–H groups in total. The van der Waals surface area contributed by atoms with Crippen LogP contribution in [0.2, 0.25) is 5.02 Å². The molecule has 2 aromatic carbocycles. The van der Waals surface area contributed by atoms with Gasteiger partial charge in [-0.1, -0.05) is 25.4 Å². The highest BCUT2D eigenvalue weighted by Crippen LogP contribution is 2.32. The van der Waals surface area contributed by atoms with Crippen LogP contribution >= 0.6 is 11.6 Å². The van der Waals surface area contributed by atoms with Crippen LogP contribution in [0.3, 0.4) is 0 Å². The first kappa shape index (κ1) is 24.1. The number of halogens is 1. The molecule has 0 radical (unpaired) electrons. The Morgan fingerprint density at radius 1 is 1.09 bits per heavy atom. The lowest BCUT2D eigenvalue weighted by Gasteiger charge is -2.14. The average Bonchev–Trinajstić information content (AvgIpc) is 2.77. The van der Waals surface area contributed by atoms with Gasteiger partial charge >= 0.3 is 5.97 Å². The number of nitrogens with one attached hydrogen (secondary N) is 1. The van der Waals surface area contributed by atoms with Crippen molar-refractivity contribution in [3.05, 3.63) is 76.6 Å². The van der Waals surface area contributed by atoms with Gasteiger partial charge in [-0.15, -0.1) is 0 Å². The van der Waals surface area contributed by atoms with E-state index < -0.39 is 11.9 Å². The van der Waals surface area contributed by atoms with E-state index in [4.69, 9.17) is 26.2 Å². The molecule has 1 aromatic heterocycles. The molecule has 0 bridgehead atoms. The number of anilines is 1. The summed E-state index contributed by atoms with van der Waals surface area (Å²) in [5, 5.41) is 12.1. The van der Waals surface area contributed by atoms with E-state index >= 15 is 0 Å². The molecule has 0 saturated heterocycles. The molecule has 3 aromatic rings. The molecule has 0 spiro atoms. The van der Waals surface area contributed by atoms with Crippen LogP contribution in [0.5, 0.6) is 17.2 Å². The molecular weight excluding hydrogens is 444 g/mol. The molecule has 0 atom stereocenters. The first-order valence-corrected chi connectivity index (χ1v) is 10.8. The summed E-state index contributed by atoms with van der Waals surface area (Å²) in [6, 6.07) is 13.1. The van der Waals surface area contributed by atoms with E-state index in [1.54, 1.807) is 43.3 Å². The number of pyridine rings is 1. The number of hydrogen-bond acceptors (Lipinski definition) is 5. The van der Waals surface area contributed by atoms with Gasteiger partial charge in [0.1, 0.15) is 22.9 Å². The van der Waals surface area contributed by atoms with Gasteiger partial charge in [-0.25, -0.2) is 9.78 Å². The number of aryl methyl sites for hydroxylation is 1. The number of amides is 1. The van der Waals surface area contributed by atoms with Gasteiger partial charge in [0, 0.05) is 11.1 Å². The number of carboxylic acid groups (broad SMARTS) is 1. The molecule has 33 heavy (non-hydrogen) atoms. The average molecular weight is 469 g/mol. The number of benzene rings is 2. The third-order valence-electron chi connectivity index (χ3n) is 4.76. The minimum atomic E-state index is -1.15. The highest BCUT2D eigenvalue weighted by Gasteiger charge is 2.17.